The lowest BCUT2D eigenvalue weighted by atomic mass is 10.1. The van der Waals surface area contributed by atoms with Gasteiger partial charge < -0.3 is 5.32 Å². The fourth-order valence-corrected chi connectivity index (χ4v) is 4.75. The Bertz CT molecular complexity index is 1110. The number of aryl methyl sites for hydroxylation is 1. The highest BCUT2D eigenvalue weighted by Crippen LogP contribution is 2.14. The standard InChI is InChI=1S/C21H22ClN3O3S2/c1-2-15-6-8-18(9-7-15)30(27,28)24-13-20-25-19(14-29-20)21(26)23-11-10-16-4-3-5-17(22)12-16/h3-9,12,14,24H,2,10-11,13H2,1H3,(H,23,26). The Balaban J connectivity index is 1.51. The van der Waals surface area contributed by atoms with Crippen molar-refractivity contribution in [1.82, 2.24) is 15.0 Å². The van der Waals surface area contributed by atoms with E-state index in [2.05, 4.69) is 15.0 Å². The van der Waals surface area contributed by atoms with Gasteiger partial charge in [0.2, 0.25) is 10.0 Å². The fourth-order valence-electron chi connectivity index (χ4n) is 2.74. The summed E-state index contributed by atoms with van der Waals surface area (Å²) in [7, 11) is -3.64. The van der Waals surface area contributed by atoms with E-state index in [1.54, 1.807) is 35.7 Å². The van der Waals surface area contributed by atoms with E-state index in [1.807, 2.05) is 25.1 Å². The Kier molecular flexibility index (Phi) is 7.60. The zero-order valence-electron chi connectivity index (χ0n) is 16.4. The Hall–Kier alpha value is -2.26. The van der Waals surface area contributed by atoms with Gasteiger partial charge in [-0.05, 0) is 48.2 Å². The van der Waals surface area contributed by atoms with E-state index in [9.17, 15) is 13.2 Å². The topological polar surface area (TPSA) is 88.2 Å². The molecule has 0 saturated heterocycles. The van der Waals surface area contributed by atoms with Gasteiger partial charge in [-0.2, -0.15) is 0 Å². The molecular formula is C21H22ClN3O3S2. The molecule has 0 bridgehead atoms. The summed E-state index contributed by atoms with van der Waals surface area (Å²) in [5, 5.41) is 5.61. The molecule has 2 aromatic carbocycles. The monoisotopic (exact) mass is 463 g/mol. The van der Waals surface area contributed by atoms with Crippen molar-refractivity contribution >= 4 is 38.9 Å². The third kappa shape index (κ3) is 6.12. The highest BCUT2D eigenvalue weighted by atomic mass is 35.5. The van der Waals surface area contributed by atoms with Crippen molar-refractivity contribution in [2.75, 3.05) is 6.54 Å². The van der Waals surface area contributed by atoms with E-state index >= 15 is 0 Å². The summed E-state index contributed by atoms with van der Waals surface area (Å²) in [6, 6.07) is 14.2. The first-order chi connectivity index (χ1) is 14.4. The number of benzene rings is 2. The molecule has 9 heteroatoms. The average molecular weight is 464 g/mol. The van der Waals surface area contributed by atoms with Crippen LogP contribution in [-0.4, -0.2) is 25.9 Å². The predicted octanol–water partition coefficient (Wildman–Crippen LogP) is 3.81. The van der Waals surface area contributed by atoms with Gasteiger partial charge in [-0.3, -0.25) is 4.79 Å². The van der Waals surface area contributed by atoms with Crippen LogP contribution < -0.4 is 10.0 Å². The molecule has 3 rings (SSSR count). The summed E-state index contributed by atoms with van der Waals surface area (Å²) in [5.74, 6) is -0.294. The minimum atomic E-state index is -3.64. The van der Waals surface area contributed by atoms with Crippen LogP contribution in [0, 0.1) is 0 Å². The summed E-state index contributed by atoms with van der Waals surface area (Å²) in [6.07, 6.45) is 1.50. The van der Waals surface area contributed by atoms with Crippen LogP contribution in [-0.2, 0) is 29.4 Å². The maximum absolute atomic E-state index is 12.4. The number of halogens is 1. The molecule has 0 aliphatic heterocycles. The number of nitrogens with one attached hydrogen (secondary N) is 2. The second-order valence-corrected chi connectivity index (χ2v) is 9.73. The largest absolute Gasteiger partial charge is 0.350 e. The van der Waals surface area contributed by atoms with Crippen molar-refractivity contribution < 1.29 is 13.2 Å². The Labute approximate surface area is 185 Å². The van der Waals surface area contributed by atoms with E-state index in [0.29, 0.717) is 23.0 Å². The highest BCUT2D eigenvalue weighted by molar-refractivity contribution is 7.89. The lowest BCUT2D eigenvalue weighted by Gasteiger charge is -2.06. The van der Waals surface area contributed by atoms with Crippen molar-refractivity contribution in [3.8, 4) is 0 Å². The van der Waals surface area contributed by atoms with Gasteiger partial charge in [-0.1, -0.05) is 42.8 Å². The zero-order chi connectivity index (χ0) is 21.6. The van der Waals surface area contributed by atoms with Crippen LogP contribution in [0.3, 0.4) is 0 Å². The lowest BCUT2D eigenvalue weighted by molar-refractivity contribution is 0.0949. The minimum absolute atomic E-state index is 0.0261. The van der Waals surface area contributed by atoms with Crippen LogP contribution in [0.5, 0.6) is 0 Å². The van der Waals surface area contributed by atoms with Gasteiger partial charge in [-0.25, -0.2) is 18.1 Å². The quantitative estimate of drug-likeness (QED) is 0.505. The molecule has 6 nitrogen and oxygen atoms in total. The molecule has 3 aromatic rings. The molecular weight excluding hydrogens is 442 g/mol. The number of aromatic nitrogens is 1. The van der Waals surface area contributed by atoms with E-state index in [-0.39, 0.29) is 23.0 Å². The van der Waals surface area contributed by atoms with E-state index in [1.165, 1.54) is 11.3 Å². The molecule has 1 aromatic heterocycles. The van der Waals surface area contributed by atoms with Crippen molar-refractivity contribution in [2.45, 2.75) is 31.2 Å². The molecule has 1 heterocycles. The molecule has 0 atom stereocenters. The van der Waals surface area contributed by atoms with Crippen LogP contribution >= 0.6 is 22.9 Å². The summed E-state index contributed by atoms with van der Waals surface area (Å²) in [4.78, 5) is 16.7. The molecule has 0 spiro atoms. The number of nitrogens with zero attached hydrogens (tertiary/aromatic N) is 1. The Morgan fingerprint density at radius 3 is 2.60 bits per heavy atom. The molecule has 0 radical (unpaired) electrons. The summed E-state index contributed by atoms with van der Waals surface area (Å²) < 4.78 is 27.4. The Morgan fingerprint density at radius 2 is 1.90 bits per heavy atom. The number of thiazole rings is 1. The van der Waals surface area contributed by atoms with Gasteiger partial charge in [-0.15, -0.1) is 11.3 Å². The van der Waals surface area contributed by atoms with Gasteiger partial charge in [0.05, 0.1) is 11.4 Å². The number of amides is 1. The molecule has 158 valence electrons. The van der Waals surface area contributed by atoms with Gasteiger partial charge in [0.15, 0.2) is 0 Å². The third-order valence-electron chi connectivity index (χ3n) is 4.43. The maximum atomic E-state index is 12.4. The summed E-state index contributed by atoms with van der Waals surface area (Å²) in [5.41, 5.74) is 2.37. The van der Waals surface area contributed by atoms with E-state index in [0.717, 1.165) is 17.5 Å². The van der Waals surface area contributed by atoms with Crippen LogP contribution in [0.15, 0.2) is 58.8 Å². The number of carbonyl (C=O) groups is 1. The number of carbonyl (C=O) groups excluding carboxylic acids is 1. The average Bonchev–Trinajstić information content (AvgIpc) is 3.22. The molecule has 0 aliphatic rings. The first-order valence-corrected chi connectivity index (χ1v) is 12.2. The first-order valence-electron chi connectivity index (χ1n) is 9.43. The molecule has 2 N–H and O–H groups in total. The van der Waals surface area contributed by atoms with Crippen molar-refractivity contribution in [1.29, 1.82) is 0 Å². The Morgan fingerprint density at radius 1 is 1.13 bits per heavy atom. The number of rotatable bonds is 9. The number of hydrogen-bond donors (Lipinski definition) is 2. The molecule has 0 aliphatic carbocycles. The molecule has 0 saturated carbocycles. The molecule has 30 heavy (non-hydrogen) atoms. The molecule has 0 fully saturated rings. The van der Waals surface area contributed by atoms with E-state index in [4.69, 9.17) is 11.6 Å². The van der Waals surface area contributed by atoms with Crippen LogP contribution in [0.4, 0.5) is 0 Å². The van der Waals surface area contributed by atoms with Gasteiger partial charge in [0.1, 0.15) is 10.7 Å². The number of sulfonamides is 1. The van der Waals surface area contributed by atoms with E-state index < -0.39 is 10.0 Å². The van der Waals surface area contributed by atoms with Crippen LogP contribution in [0.1, 0.15) is 33.5 Å². The van der Waals surface area contributed by atoms with Crippen LogP contribution in [0.25, 0.3) is 0 Å². The van der Waals surface area contributed by atoms with Gasteiger partial charge in [0, 0.05) is 16.9 Å². The smallest absolute Gasteiger partial charge is 0.270 e. The molecule has 0 unspecified atom stereocenters. The normalized spacial score (nSPS) is 11.4. The van der Waals surface area contributed by atoms with Crippen molar-refractivity contribution in [2.24, 2.45) is 0 Å². The van der Waals surface area contributed by atoms with Crippen LogP contribution in [0.2, 0.25) is 5.02 Å². The summed E-state index contributed by atoms with van der Waals surface area (Å²) >= 11 is 7.19. The fraction of sp³-hybridized carbons (Fsp3) is 0.238. The highest BCUT2D eigenvalue weighted by Gasteiger charge is 2.16. The summed E-state index contributed by atoms with van der Waals surface area (Å²) in [6.45, 7) is 2.49. The van der Waals surface area contributed by atoms with Gasteiger partial charge >= 0.3 is 0 Å². The third-order valence-corrected chi connectivity index (χ3v) is 6.93. The minimum Gasteiger partial charge on any atom is -0.350 e. The predicted molar refractivity (Wildman–Crippen MR) is 119 cm³/mol. The second-order valence-electron chi connectivity index (χ2n) is 6.58. The number of hydrogen-bond acceptors (Lipinski definition) is 5. The van der Waals surface area contributed by atoms with Gasteiger partial charge in [0.25, 0.3) is 5.91 Å². The van der Waals surface area contributed by atoms with Crippen molar-refractivity contribution in [3.05, 3.63) is 80.8 Å². The second kappa shape index (κ2) is 10.2. The maximum Gasteiger partial charge on any atom is 0.270 e. The van der Waals surface area contributed by atoms with Crippen molar-refractivity contribution in [3.63, 3.8) is 0 Å². The first kappa shape index (κ1) is 22.4. The zero-order valence-corrected chi connectivity index (χ0v) is 18.8. The lowest BCUT2D eigenvalue weighted by Crippen LogP contribution is -2.26. The SMILES string of the molecule is CCc1ccc(S(=O)(=O)NCc2nc(C(=O)NCCc3cccc(Cl)c3)cs2)cc1. The molecule has 1 amide bonds.